The molecule has 1 aromatic heterocycles. The molecule has 152 valence electrons. The number of aromatic nitrogens is 1. The normalized spacial score (nSPS) is 11.4. The Morgan fingerprint density at radius 2 is 1.96 bits per heavy atom. The van der Waals surface area contributed by atoms with Crippen molar-refractivity contribution in [2.75, 3.05) is 27.7 Å². The number of nitrogens with one attached hydrogen (secondary N) is 2. The van der Waals surface area contributed by atoms with Gasteiger partial charge in [-0.3, -0.25) is 4.79 Å². The lowest BCUT2D eigenvalue weighted by Gasteiger charge is -2.14. The van der Waals surface area contributed by atoms with Crippen LogP contribution in [0.4, 0.5) is 0 Å². The summed E-state index contributed by atoms with van der Waals surface area (Å²) in [5.41, 5.74) is 2.14. The molecule has 0 radical (unpaired) electrons. The quantitative estimate of drug-likeness (QED) is 0.523. The highest BCUT2D eigenvalue weighted by Crippen LogP contribution is 2.17. The van der Waals surface area contributed by atoms with E-state index in [0.29, 0.717) is 25.0 Å². The van der Waals surface area contributed by atoms with Gasteiger partial charge in [0.2, 0.25) is 5.91 Å². The maximum Gasteiger partial charge on any atom is 0.241 e. The van der Waals surface area contributed by atoms with Crippen LogP contribution in [-0.4, -0.2) is 49.5 Å². The zero-order valence-corrected chi connectivity index (χ0v) is 18.0. The molecule has 28 heavy (non-hydrogen) atoms. The number of carbonyl (C=O) groups is 1. The van der Waals surface area contributed by atoms with Gasteiger partial charge in [-0.25, -0.2) is 9.98 Å². The van der Waals surface area contributed by atoms with E-state index in [-0.39, 0.29) is 12.5 Å². The van der Waals surface area contributed by atoms with Gasteiger partial charge in [0.25, 0.3) is 0 Å². The Balaban J connectivity index is 2.02. The van der Waals surface area contributed by atoms with Crippen LogP contribution >= 0.6 is 11.3 Å². The molecule has 2 rings (SSSR count). The lowest BCUT2D eigenvalue weighted by Crippen LogP contribution is -2.42. The van der Waals surface area contributed by atoms with Gasteiger partial charge in [0, 0.05) is 19.5 Å². The minimum Gasteiger partial charge on any atom is -0.497 e. The highest BCUT2D eigenvalue weighted by atomic mass is 32.1. The van der Waals surface area contributed by atoms with E-state index in [0.717, 1.165) is 22.0 Å². The van der Waals surface area contributed by atoms with E-state index in [1.807, 2.05) is 24.3 Å². The van der Waals surface area contributed by atoms with Crippen molar-refractivity contribution in [3.8, 4) is 5.75 Å². The van der Waals surface area contributed by atoms with Crippen LogP contribution < -0.4 is 15.4 Å². The van der Waals surface area contributed by atoms with Crippen molar-refractivity contribution in [3.05, 3.63) is 45.9 Å². The largest absolute Gasteiger partial charge is 0.497 e. The summed E-state index contributed by atoms with van der Waals surface area (Å²) in [4.78, 5) is 22.7. The molecule has 1 aromatic carbocycles. The van der Waals surface area contributed by atoms with Crippen LogP contribution in [0.3, 0.4) is 0 Å². The first-order valence-corrected chi connectivity index (χ1v) is 10.1. The molecule has 0 saturated carbocycles. The third-order valence-corrected chi connectivity index (χ3v) is 4.92. The van der Waals surface area contributed by atoms with Crippen LogP contribution in [0.25, 0.3) is 0 Å². The van der Waals surface area contributed by atoms with Crippen LogP contribution in [0.5, 0.6) is 5.75 Å². The van der Waals surface area contributed by atoms with Crippen molar-refractivity contribution in [1.29, 1.82) is 0 Å². The van der Waals surface area contributed by atoms with Crippen molar-refractivity contribution in [3.63, 3.8) is 0 Å². The molecule has 2 aromatic rings. The third kappa shape index (κ3) is 6.84. The average molecular weight is 404 g/mol. The predicted octanol–water partition coefficient (Wildman–Crippen LogP) is 2.60. The molecule has 2 N–H and O–H groups in total. The van der Waals surface area contributed by atoms with Gasteiger partial charge in [0.1, 0.15) is 10.8 Å². The van der Waals surface area contributed by atoms with Gasteiger partial charge in [0.05, 0.1) is 32.4 Å². The van der Waals surface area contributed by atoms with Gasteiger partial charge >= 0.3 is 0 Å². The Kier molecular flexibility index (Phi) is 8.25. The van der Waals surface area contributed by atoms with Gasteiger partial charge in [0.15, 0.2) is 5.96 Å². The lowest BCUT2D eigenvalue weighted by atomic mass is 10.2. The summed E-state index contributed by atoms with van der Waals surface area (Å²) in [5.74, 6) is 1.78. The number of rotatable bonds is 8. The first-order chi connectivity index (χ1) is 13.4. The molecule has 0 unspecified atom stereocenters. The van der Waals surface area contributed by atoms with E-state index in [4.69, 9.17) is 4.74 Å². The fraction of sp³-hybridized carbons (Fsp3) is 0.450. The van der Waals surface area contributed by atoms with Crippen molar-refractivity contribution >= 4 is 23.2 Å². The standard InChI is InChI=1S/C20H29N5O2S/c1-14(2)17-13-28-18(24-17)11-22-20(23-12-19(26)25(3)4)21-10-15-6-8-16(27-5)9-7-15/h6-9,13-14H,10-12H2,1-5H3,(H2,21,22,23). The van der Waals surface area contributed by atoms with Crippen molar-refractivity contribution in [2.24, 2.45) is 4.99 Å². The number of likely N-dealkylation sites (N-methyl/N-ethyl adjacent to an activating group) is 1. The Morgan fingerprint density at radius 1 is 1.25 bits per heavy atom. The van der Waals surface area contributed by atoms with Crippen molar-refractivity contribution in [1.82, 2.24) is 20.5 Å². The number of hydrogen-bond donors (Lipinski definition) is 2. The molecule has 0 aliphatic carbocycles. The third-order valence-electron chi connectivity index (χ3n) is 4.05. The number of thiazole rings is 1. The number of guanidine groups is 1. The summed E-state index contributed by atoms with van der Waals surface area (Å²) in [5, 5.41) is 9.43. The molecule has 7 nitrogen and oxygen atoms in total. The number of ether oxygens (including phenoxy) is 1. The van der Waals surface area contributed by atoms with Gasteiger partial charge in [-0.05, 0) is 23.6 Å². The fourth-order valence-electron chi connectivity index (χ4n) is 2.22. The second-order valence-corrected chi connectivity index (χ2v) is 7.77. The highest BCUT2D eigenvalue weighted by molar-refractivity contribution is 7.09. The van der Waals surface area contributed by atoms with Crippen molar-refractivity contribution < 1.29 is 9.53 Å². The van der Waals surface area contributed by atoms with Gasteiger partial charge in [-0.1, -0.05) is 26.0 Å². The van der Waals surface area contributed by atoms with Crippen LogP contribution in [0, 0.1) is 0 Å². The number of methoxy groups -OCH3 is 1. The average Bonchev–Trinajstić information content (AvgIpc) is 3.16. The maximum absolute atomic E-state index is 11.9. The molecule has 0 saturated heterocycles. The fourth-order valence-corrected chi connectivity index (χ4v) is 3.12. The first kappa shape index (κ1) is 21.7. The topological polar surface area (TPSA) is 78.8 Å². The number of carbonyl (C=O) groups excluding carboxylic acids is 1. The monoisotopic (exact) mass is 403 g/mol. The van der Waals surface area contributed by atoms with E-state index in [9.17, 15) is 4.79 Å². The molecule has 8 heteroatoms. The Bertz CT molecular complexity index is 784. The highest BCUT2D eigenvalue weighted by Gasteiger charge is 2.09. The summed E-state index contributed by atoms with van der Waals surface area (Å²) in [6, 6.07) is 7.76. The molecule has 1 heterocycles. The van der Waals surface area contributed by atoms with Crippen LogP contribution in [0.15, 0.2) is 34.6 Å². The van der Waals surface area contributed by atoms with E-state index < -0.39 is 0 Å². The zero-order chi connectivity index (χ0) is 20.5. The Morgan fingerprint density at radius 3 is 2.54 bits per heavy atom. The minimum absolute atomic E-state index is 0.0182. The summed E-state index contributed by atoms with van der Waals surface area (Å²) in [7, 11) is 5.10. The number of benzene rings is 1. The lowest BCUT2D eigenvalue weighted by molar-refractivity contribution is -0.127. The zero-order valence-electron chi connectivity index (χ0n) is 17.2. The first-order valence-electron chi connectivity index (χ1n) is 9.18. The SMILES string of the molecule is COc1ccc(CN=C(NCC(=O)N(C)C)NCc2nc(C(C)C)cs2)cc1. The summed E-state index contributed by atoms with van der Waals surface area (Å²) in [6.45, 7) is 5.48. The molecule has 1 amide bonds. The Labute approximate surface area is 170 Å². The molecule has 0 aliphatic rings. The molecule has 0 spiro atoms. The maximum atomic E-state index is 11.9. The number of amides is 1. The van der Waals surface area contributed by atoms with E-state index in [1.54, 1.807) is 37.4 Å². The van der Waals surface area contributed by atoms with Gasteiger partial charge in [-0.2, -0.15) is 0 Å². The molecular weight excluding hydrogens is 374 g/mol. The summed E-state index contributed by atoms with van der Waals surface area (Å²) < 4.78 is 5.18. The second kappa shape index (κ2) is 10.7. The summed E-state index contributed by atoms with van der Waals surface area (Å²) in [6.07, 6.45) is 0. The number of nitrogens with zero attached hydrogens (tertiary/aromatic N) is 3. The predicted molar refractivity (Wildman–Crippen MR) is 114 cm³/mol. The van der Waals surface area contributed by atoms with E-state index >= 15 is 0 Å². The van der Waals surface area contributed by atoms with Gasteiger partial charge < -0.3 is 20.3 Å². The number of aliphatic imine (C=N–C) groups is 1. The van der Waals surface area contributed by atoms with Gasteiger partial charge in [-0.15, -0.1) is 11.3 Å². The van der Waals surface area contributed by atoms with Crippen LogP contribution in [0.1, 0.15) is 36.0 Å². The molecule has 0 aliphatic heterocycles. The molecular formula is C20H29N5O2S. The molecule has 0 atom stereocenters. The van der Waals surface area contributed by atoms with E-state index in [2.05, 4.69) is 39.8 Å². The second-order valence-electron chi connectivity index (χ2n) is 6.83. The molecule has 0 bridgehead atoms. The van der Waals surface area contributed by atoms with Crippen LogP contribution in [0.2, 0.25) is 0 Å². The Hall–Kier alpha value is -2.61. The van der Waals surface area contributed by atoms with Crippen LogP contribution in [-0.2, 0) is 17.9 Å². The van der Waals surface area contributed by atoms with Crippen molar-refractivity contribution in [2.45, 2.75) is 32.9 Å². The minimum atomic E-state index is -0.0182. The molecule has 0 fully saturated rings. The summed E-state index contributed by atoms with van der Waals surface area (Å²) >= 11 is 1.62. The smallest absolute Gasteiger partial charge is 0.241 e. The van der Waals surface area contributed by atoms with E-state index in [1.165, 1.54) is 0 Å². The number of hydrogen-bond acceptors (Lipinski definition) is 5.